The molecule has 0 radical (unpaired) electrons. The van der Waals surface area contributed by atoms with Gasteiger partial charge in [0.2, 0.25) is 0 Å². The fourth-order valence-corrected chi connectivity index (χ4v) is 5.98. The summed E-state index contributed by atoms with van der Waals surface area (Å²) in [5.41, 5.74) is 5.53. The first-order chi connectivity index (χ1) is 19.1. The summed E-state index contributed by atoms with van der Waals surface area (Å²) in [5.74, 6) is -0.511. The summed E-state index contributed by atoms with van der Waals surface area (Å²) in [6, 6.07) is 18.3. The third-order valence-corrected chi connectivity index (χ3v) is 8.64. The number of carbonyl (C=O) groups is 1. The molecular weight excluding hydrogens is 567 g/mol. The third kappa shape index (κ3) is 6.77. The number of benzene rings is 3. The Hall–Kier alpha value is -2.70. The molecule has 8 heteroatoms. The minimum atomic E-state index is -1.06. The van der Waals surface area contributed by atoms with E-state index in [1.54, 1.807) is 30.3 Å². The van der Waals surface area contributed by atoms with E-state index in [4.69, 9.17) is 39.5 Å². The van der Waals surface area contributed by atoms with Crippen LogP contribution in [-0.2, 0) is 0 Å². The number of nitrogens with zero attached hydrogens (tertiary/aromatic N) is 2. The van der Waals surface area contributed by atoms with E-state index in [-0.39, 0.29) is 16.7 Å². The van der Waals surface area contributed by atoms with Crippen LogP contribution in [0.5, 0.6) is 11.5 Å². The Labute approximate surface area is 250 Å². The number of halogens is 3. The Kier molecular flexibility index (Phi) is 8.67. The smallest absolute Gasteiger partial charge is 0.339 e. The first-order valence-corrected chi connectivity index (χ1v) is 14.7. The van der Waals surface area contributed by atoms with E-state index in [1.165, 1.54) is 23.1 Å². The summed E-state index contributed by atoms with van der Waals surface area (Å²) in [4.78, 5) is 16.7. The van der Waals surface area contributed by atoms with Crippen molar-refractivity contribution in [2.45, 2.75) is 33.1 Å². The van der Waals surface area contributed by atoms with Crippen LogP contribution < -0.4 is 9.64 Å². The van der Waals surface area contributed by atoms with Crippen LogP contribution in [0.1, 0.15) is 49.0 Å². The molecule has 1 aliphatic carbocycles. The molecule has 2 aliphatic rings. The van der Waals surface area contributed by atoms with Crippen molar-refractivity contribution in [1.82, 2.24) is 4.90 Å². The van der Waals surface area contributed by atoms with Crippen molar-refractivity contribution >= 4 is 52.0 Å². The van der Waals surface area contributed by atoms with Gasteiger partial charge in [0.25, 0.3) is 0 Å². The Bertz CT molecular complexity index is 1430. The number of carboxylic acids is 1. The van der Waals surface area contributed by atoms with Gasteiger partial charge < -0.3 is 14.7 Å². The van der Waals surface area contributed by atoms with Crippen molar-refractivity contribution in [1.29, 1.82) is 0 Å². The van der Waals surface area contributed by atoms with Crippen LogP contribution in [0.4, 0.5) is 5.69 Å². The fourth-order valence-electron chi connectivity index (χ4n) is 5.54. The maximum Gasteiger partial charge on any atom is 0.339 e. The SMILES string of the molecule is CC1(C)CCC(CN2CCN(c3ccc(C(=O)O)c(Oc4cc(Cl)ccc4Cl)c3)CC2)=C(c2ccc(Cl)cc2)C1. The number of rotatable bonds is 7. The van der Waals surface area contributed by atoms with Gasteiger partial charge in [0, 0.05) is 60.6 Å². The highest BCUT2D eigenvalue weighted by Gasteiger charge is 2.29. The number of allylic oxidation sites excluding steroid dienone is 1. The van der Waals surface area contributed by atoms with E-state index in [1.807, 2.05) is 18.2 Å². The molecule has 0 aromatic heterocycles. The normalized spacial score (nSPS) is 17.7. The summed E-state index contributed by atoms with van der Waals surface area (Å²) < 4.78 is 5.96. The van der Waals surface area contributed by atoms with Crippen LogP contribution >= 0.6 is 34.8 Å². The molecule has 1 N–H and O–H groups in total. The molecule has 5 rings (SSSR count). The molecule has 40 heavy (non-hydrogen) atoms. The minimum absolute atomic E-state index is 0.0697. The number of anilines is 1. The van der Waals surface area contributed by atoms with Gasteiger partial charge >= 0.3 is 5.97 Å². The summed E-state index contributed by atoms with van der Waals surface area (Å²) >= 11 is 18.6. The molecule has 0 atom stereocenters. The molecule has 210 valence electrons. The topological polar surface area (TPSA) is 53.0 Å². The molecule has 1 fully saturated rings. The zero-order chi connectivity index (χ0) is 28.4. The zero-order valence-corrected chi connectivity index (χ0v) is 25.0. The lowest BCUT2D eigenvalue weighted by Crippen LogP contribution is -2.47. The van der Waals surface area contributed by atoms with E-state index in [9.17, 15) is 9.90 Å². The maximum absolute atomic E-state index is 11.9. The number of piperazine rings is 1. The third-order valence-electron chi connectivity index (χ3n) is 7.84. The number of carboxylic acid groups (broad SMARTS) is 1. The number of aromatic carboxylic acids is 1. The zero-order valence-electron chi connectivity index (χ0n) is 22.7. The largest absolute Gasteiger partial charge is 0.478 e. The second-order valence-corrected chi connectivity index (χ2v) is 12.6. The average Bonchev–Trinajstić information content (AvgIpc) is 2.92. The first-order valence-electron chi connectivity index (χ1n) is 13.5. The Morgan fingerprint density at radius 2 is 1.60 bits per heavy atom. The first kappa shape index (κ1) is 28.8. The summed E-state index contributed by atoms with van der Waals surface area (Å²) in [5, 5.41) is 11.3. The van der Waals surface area contributed by atoms with E-state index in [0.29, 0.717) is 15.8 Å². The highest BCUT2D eigenvalue weighted by molar-refractivity contribution is 6.34. The van der Waals surface area contributed by atoms with E-state index >= 15 is 0 Å². The lowest BCUT2D eigenvalue weighted by atomic mass is 9.72. The van der Waals surface area contributed by atoms with Crippen molar-refractivity contribution in [3.05, 3.63) is 92.4 Å². The second-order valence-electron chi connectivity index (χ2n) is 11.4. The van der Waals surface area contributed by atoms with E-state index in [2.05, 4.69) is 35.8 Å². The van der Waals surface area contributed by atoms with Gasteiger partial charge in [0.15, 0.2) is 0 Å². The number of hydrogen-bond acceptors (Lipinski definition) is 4. The van der Waals surface area contributed by atoms with Crippen LogP contribution in [0.3, 0.4) is 0 Å². The van der Waals surface area contributed by atoms with Gasteiger partial charge in [-0.25, -0.2) is 4.79 Å². The highest BCUT2D eigenvalue weighted by atomic mass is 35.5. The van der Waals surface area contributed by atoms with E-state index < -0.39 is 5.97 Å². The highest BCUT2D eigenvalue weighted by Crippen LogP contribution is 2.43. The summed E-state index contributed by atoms with van der Waals surface area (Å²) in [7, 11) is 0. The number of hydrogen-bond donors (Lipinski definition) is 1. The molecule has 3 aromatic rings. The van der Waals surface area contributed by atoms with Crippen LogP contribution in [0.25, 0.3) is 5.57 Å². The Balaban J connectivity index is 1.31. The van der Waals surface area contributed by atoms with Gasteiger partial charge in [-0.3, -0.25) is 4.90 Å². The minimum Gasteiger partial charge on any atom is -0.478 e. The van der Waals surface area contributed by atoms with Crippen molar-refractivity contribution < 1.29 is 14.6 Å². The average molecular weight is 600 g/mol. The lowest BCUT2D eigenvalue weighted by Gasteiger charge is -2.39. The Morgan fingerprint density at radius 1 is 0.900 bits per heavy atom. The molecule has 3 aromatic carbocycles. The van der Waals surface area contributed by atoms with Crippen molar-refractivity contribution in [2.75, 3.05) is 37.6 Å². The molecule has 0 amide bonds. The van der Waals surface area contributed by atoms with Crippen molar-refractivity contribution in [3.63, 3.8) is 0 Å². The van der Waals surface area contributed by atoms with Crippen LogP contribution in [-0.4, -0.2) is 48.7 Å². The molecule has 1 aliphatic heterocycles. The molecular formula is C32H33Cl3N2O3. The quantitative estimate of drug-likeness (QED) is 0.294. The standard InChI is InChI=1S/C32H33Cl3N2O3/c1-32(2)12-11-22(27(19-32)21-3-5-23(33)6-4-21)20-36-13-15-37(16-14-36)25-8-9-26(31(38)39)29(18-25)40-30-17-24(34)7-10-28(30)35/h3-10,17-18H,11-16,19-20H2,1-2H3,(H,38,39). The summed E-state index contributed by atoms with van der Waals surface area (Å²) in [6.45, 7) is 9.16. The maximum atomic E-state index is 11.9. The van der Waals surface area contributed by atoms with Crippen LogP contribution in [0.2, 0.25) is 15.1 Å². The summed E-state index contributed by atoms with van der Waals surface area (Å²) in [6.07, 6.45) is 3.36. The predicted molar refractivity (Wildman–Crippen MR) is 165 cm³/mol. The molecule has 0 unspecified atom stereocenters. The van der Waals surface area contributed by atoms with Gasteiger partial charge in [-0.15, -0.1) is 0 Å². The van der Waals surface area contributed by atoms with Crippen LogP contribution in [0.15, 0.2) is 66.2 Å². The molecule has 0 bridgehead atoms. The molecule has 1 heterocycles. The van der Waals surface area contributed by atoms with Gasteiger partial charge in [-0.2, -0.15) is 0 Å². The molecule has 1 saturated heterocycles. The van der Waals surface area contributed by atoms with Crippen LogP contribution in [0, 0.1) is 5.41 Å². The molecule has 0 spiro atoms. The van der Waals surface area contributed by atoms with Gasteiger partial charge in [0.05, 0.1) is 5.02 Å². The Morgan fingerprint density at radius 3 is 2.30 bits per heavy atom. The fraction of sp³-hybridized carbons (Fsp3) is 0.344. The molecule has 5 nitrogen and oxygen atoms in total. The molecule has 0 saturated carbocycles. The van der Waals surface area contributed by atoms with E-state index in [0.717, 1.165) is 56.3 Å². The second kappa shape index (κ2) is 12.0. The van der Waals surface area contributed by atoms with Crippen molar-refractivity contribution in [2.24, 2.45) is 5.41 Å². The van der Waals surface area contributed by atoms with Gasteiger partial charge in [0.1, 0.15) is 17.1 Å². The van der Waals surface area contributed by atoms with Gasteiger partial charge in [-0.1, -0.05) is 66.4 Å². The van der Waals surface area contributed by atoms with Crippen molar-refractivity contribution in [3.8, 4) is 11.5 Å². The predicted octanol–water partition coefficient (Wildman–Crippen LogP) is 8.92. The monoisotopic (exact) mass is 598 g/mol. The lowest BCUT2D eigenvalue weighted by molar-refractivity contribution is 0.0694. The van der Waals surface area contributed by atoms with Gasteiger partial charge in [-0.05, 0) is 72.2 Å². The number of ether oxygens (including phenoxy) is 1.